The Hall–Kier alpha value is 0. The third-order valence-electron chi connectivity index (χ3n) is 5.19. The molecule has 0 atom stereocenters. The van der Waals surface area contributed by atoms with E-state index in [0.717, 1.165) is 23.7 Å². The van der Waals surface area contributed by atoms with Crippen LogP contribution in [0.1, 0.15) is 159 Å². The zero-order valence-electron chi connectivity index (χ0n) is 22.2. The molecule has 0 aliphatic heterocycles. The Morgan fingerprint density at radius 1 is 0.429 bits per heavy atom. The largest absolute Gasteiger partial charge is 0.0654 e. The Morgan fingerprint density at radius 2 is 0.750 bits per heavy atom. The minimum absolute atomic E-state index is 0.833. The van der Waals surface area contributed by atoms with Gasteiger partial charge in [-0.1, -0.05) is 159 Å². The second-order valence-electron chi connectivity index (χ2n) is 10.2. The summed E-state index contributed by atoms with van der Waals surface area (Å²) in [6.45, 7) is 22.7. The van der Waals surface area contributed by atoms with Gasteiger partial charge < -0.3 is 0 Å². The molecule has 0 aliphatic carbocycles. The normalized spacial score (nSPS) is 10.9. The number of unbranched alkanes of at least 4 members (excludes halogenated alkanes) is 4. The summed E-state index contributed by atoms with van der Waals surface area (Å²) in [5.41, 5.74) is 0. The van der Waals surface area contributed by atoms with Crippen LogP contribution in [0.25, 0.3) is 0 Å². The van der Waals surface area contributed by atoms with E-state index in [9.17, 15) is 0 Å². The lowest BCUT2D eigenvalue weighted by molar-refractivity contribution is 0.360. The van der Waals surface area contributed by atoms with Crippen molar-refractivity contribution in [3.63, 3.8) is 0 Å². The van der Waals surface area contributed by atoms with Gasteiger partial charge in [-0.05, 0) is 23.7 Å². The topological polar surface area (TPSA) is 0 Å². The molecule has 0 fully saturated rings. The third kappa shape index (κ3) is 36.8. The highest BCUT2D eigenvalue weighted by molar-refractivity contribution is 4.61. The maximum atomic E-state index is 2.38. The summed E-state index contributed by atoms with van der Waals surface area (Å²) in [7, 11) is 0. The molecule has 0 amide bonds. The molecule has 0 aromatic rings. The Bertz CT molecular complexity index is 222. The lowest BCUT2D eigenvalue weighted by Gasteiger charge is -2.17. The predicted molar refractivity (Wildman–Crippen MR) is 135 cm³/mol. The lowest BCUT2D eigenvalue weighted by atomic mass is 9.89. The number of hydrogen-bond acceptors (Lipinski definition) is 0. The number of hydrogen-bond donors (Lipinski definition) is 0. The van der Waals surface area contributed by atoms with Gasteiger partial charge in [0.2, 0.25) is 0 Å². The van der Waals surface area contributed by atoms with Crippen LogP contribution in [-0.4, -0.2) is 0 Å². The van der Waals surface area contributed by atoms with Gasteiger partial charge in [0.05, 0.1) is 0 Å². The van der Waals surface area contributed by atoms with Crippen molar-refractivity contribution < 1.29 is 0 Å². The van der Waals surface area contributed by atoms with E-state index in [-0.39, 0.29) is 0 Å². The smallest absolute Gasteiger partial charge is 0.0414 e. The number of rotatable bonds is 15. The van der Waals surface area contributed by atoms with Gasteiger partial charge in [0.25, 0.3) is 0 Å². The fourth-order valence-corrected chi connectivity index (χ4v) is 3.24. The summed E-state index contributed by atoms with van der Waals surface area (Å²) < 4.78 is 0. The molecule has 0 bridgehead atoms. The summed E-state index contributed by atoms with van der Waals surface area (Å²) in [5, 5.41) is 0. The van der Waals surface area contributed by atoms with Gasteiger partial charge in [0.15, 0.2) is 0 Å². The van der Waals surface area contributed by atoms with Gasteiger partial charge in [-0.2, -0.15) is 0 Å². The first-order chi connectivity index (χ1) is 13.2. The minimum atomic E-state index is 0.833. The molecule has 0 heterocycles. The Balaban J connectivity index is -0.000000388. The first-order valence-electron chi connectivity index (χ1n) is 13.2. The van der Waals surface area contributed by atoms with Crippen molar-refractivity contribution in [1.29, 1.82) is 0 Å². The van der Waals surface area contributed by atoms with E-state index in [2.05, 4.69) is 69.2 Å². The van der Waals surface area contributed by atoms with Gasteiger partial charge >= 0.3 is 0 Å². The van der Waals surface area contributed by atoms with Crippen LogP contribution in [-0.2, 0) is 0 Å². The molecule has 0 unspecified atom stereocenters. The van der Waals surface area contributed by atoms with Crippen molar-refractivity contribution in [2.24, 2.45) is 23.7 Å². The molecule has 0 aliphatic rings. The average Bonchev–Trinajstić information content (AvgIpc) is 2.64. The monoisotopic (exact) mass is 398 g/mol. The van der Waals surface area contributed by atoms with E-state index in [0.29, 0.717) is 0 Å². The van der Waals surface area contributed by atoms with Gasteiger partial charge in [0.1, 0.15) is 0 Å². The molecule has 0 saturated carbocycles. The molecule has 0 aromatic carbocycles. The maximum Gasteiger partial charge on any atom is -0.0414 e. The van der Waals surface area contributed by atoms with E-state index in [4.69, 9.17) is 0 Å². The summed E-state index contributed by atoms with van der Waals surface area (Å²) in [6, 6.07) is 0. The highest BCUT2D eigenvalue weighted by atomic mass is 14.1. The standard InChI is InChI=1S/C14H30.C10H22.C4H10/c1-5-7-9-14(10-8-6-2)12-11-13(3)4;1-4-6-8-10(3)9-7-5-2;1-4(2)3/h13-14H,5-12H2,1-4H3;10H,4-9H2,1-3H3;4H,1-3H3. The third-order valence-corrected chi connectivity index (χ3v) is 5.19. The van der Waals surface area contributed by atoms with Crippen LogP contribution in [0, 0.1) is 23.7 Å². The minimum Gasteiger partial charge on any atom is -0.0654 e. The van der Waals surface area contributed by atoms with Crippen molar-refractivity contribution in [1.82, 2.24) is 0 Å². The lowest BCUT2D eigenvalue weighted by Crippen LogP contribution is -2.02. The van der Waals surface area contributed by atoms with Gasteiger partial charge in [-0.25, -0.2) is 0 Å². The second-order valence-corrected chi connectivity index (χ2v) is 10.2. The van der Waals surface area contributed by atoms with Crippen molar-refractivity contribution in [3.8, 4) is 0 Å². The molecule has 0 saturated heterocycles. The maximum absolute atomic E-state index is 2.38. The SMILES string of the molecule is CC(C)C.CCCCC(C)CCCC.CCCCC(CCCC)CCC(C)C. The van der Waals surface area contributed by atoms with E-state index >= 15 is 0 Å². The first kappa shape index (κ1) is 32.7. The van der Waals surface area contributed by atoms with Gasteiger partial charge in [-0.15, -0.1) is 0 Å². The van der Waals surface area contributed by atoms with Crippen LogP contribution in [0.2, 0.25) is 0 Å². The fourth-order valence-electron chi connectivity index (χ4n) is 3.24. The molecule has 174 valence electrons. The van der Waals surface area contributed by atoms with E-state index < -0.39 is 0 Å². The molecule has 0 heteroatoms. The zero-order valence-corrected chi connectivity index (χ0v) is 22.2. The fraction of sp³-hybridized carbons (Fsp3) is 1.00. The van der Waals surface area contributed by atoms with E-state index in [1.165, 1.54) is 89.9 Å². The van der Waals surface area contributed by atoms with Gasteiger partial charge in [0, 0.05) is 0 Å². The summed E-state index contributed by atoms with van der Waals surface area (Å²) in [5.74, 6) is 3.72. The van der Waals surface area contributed by atoms with Crippen LogP contribution in [0.3, 0.4) is 0 Å². The van der Waals surface area contributed by atoms with Crippen molar-refractivity contribution in [3.05, 3.63) is 0 Å². The first-order valence-corrected chi connectivity index (χ1v) is 13.2. The highest BCUT2D eigenvalue weighted by Gasteiger charge is 2.08. The molecular formula is C28H62. The average molecular weight is 399 g/mol. The van der Waals surface area contributed by atoms with Crippen LogP contribution >= 0.6 is 0 Å². The van der Waals surface area contributed by atoms with Crippen molar-refractivity contribution in [2.45, 2.75) is 159 Å². The Labute approximate surface area is 183 Å². The van der Waals surface area contributed by atoms with E-state index in [1.807, 2.05) is 0 Å². The zero-order chi connectivity index (χ0) is 22.2. The molecule has 0 nitrogen and oxygen atoms in total. The van der Waals surface area contributed by atoms with Crippen molar-refractivity contribution >= 4 is 0 Å². The summed E-state index contributed by atoms with van der Waals surface area (Å²) >= 11 is 0. The quantitative estimate of drug-likeness (QED) is 0.257. The molecule has 0 spiro atoms. The Morgan fingerprint density at radius 3 is 1.04 bits per heavy atom. The van der Waals surface area contributed by atoms with Crippen LogP contribution in [0.15, 0.2) is 0 Å². The molecule has 0 radical (unpaired) electrons. The molecule has 0 N–H and O–H groups in total. The van der Waals surface area contributed by atoms with E-state index in [1.54, 1.807) is 0 Å². The van der Waals surface area contributed by atoms with Crippen LogP contribution in [0.5, 0.6) is 0 Å². The summed E-state index contributed by atoms with van der Waals surface area (Å²) in [6.07, 6.45) is 19.9. The molecule has 28 heavy (non-hydrogen) atoms. The van der Waals surface area contributed by atoms with Crippen LogP contribution in [0.4, 0.5) is 0 Å². The molecular weight excluding hydrogens is 336 g/mol. The Kier molecular flexibility index (Phi) is 31.5. The predicted octanol–water partition coefficient (Wildman–Crippen LogP) is 11.1. The highest BCUT2D eigenvalue weighted by Crippen LogP contribution is 2.23. The van der Waals surface area contributed by atoms with Gasteiger partial charge in [-0.3, -0.25) is 0 Å². The second kappa shape index (κ2) is 27.0. The molecule has 0 rings (SSSR count). The summed E-state index contributed by atoms with van der Waals surface area (Å²) in [4.78, 5) is 0. The van der Waals surface area contributed by atoms with Crippen molar-refractivity contribution in [2.75, 3.05) is 0 Å². The van der Waals surface area contributed by atoms with Crippen LogP contribution < -0.4 is 0 Å². The molecule has 0 aromatic heterocycles.